The van der Waals surface area contributed by atoms with Gasteiger partial charge >= 0.3 is 0 Å². The highest BCUT2D eigenvalue weighted by molar-refractivity contribution is 7.89. The smallest absolute Gasteiger partial charge is 0.240 e. The van der Waals surface area contributed by atoms with Gasteiger partial charge in [0.15, 0.2) is 0 Å². The van der Waals surface area contributed by atoms with E-state index in [0.29, 0.717) is 11.4 Å². The van der Waals surface area contributed by atoms with E-state index >= 15 is 0 Å². The first-order chi connectivity index (χ1) is 7.10. The number of hydrogen-bond donors (Lipinski definition) is 2. The van der Waals surface area contributed by atoms with E-state index in [9.17, 15) is 8.42 Å². The lowest BCUT2D eigenvalue weighted by Crippen LogP contribution is -2.23. The summed E-state index contributed by atoms with van der Waals surface area (Å²) in [6.45, 7) is 4.96. The summed E-state index contributed by atoms with van der Waals surface area (Å²) in [6, 6.07) is 6.70. The third-order valence-electron chi connectivity index (χ3n) is 1.88. The molecule has 0 aliphatic heterocycles. The minimum absolute atomic E-state index is 0.297. The highest BCUT2D eigenvalue weighted by Gasteiger charge is 2.11. The van der Waals surface area contributed by atoms with E-state index in [2.05, 4.69) is 10.0 Å². The van der Waals surface area contributed by atoms with E-state index < -0.39 is 10.0 Å². The van der Waals surface area contributed by atoms with Gasteiger partial charge in [-0.2, -0.15) is 0 Å². The Morgan fingerprint density at radius 3 is 2.13 bits per heavy atom. The molecule has 84 valence electrons. The Bertz CT molecular complexity index is 398. The molecule has 4 nitrogen and oxygen atoms in total. The number of benzene rings is 1. The molecule has 0 aromatic heterocycles. The van der Waals surface area contributed by atoms with E-state index in [1.165, 1.54) is 0 Å². The van der Waals surface area contributed by atoms with Crippen LogP contribution >= 0.6 is 0 Å². The molecule has 0 bridgehead atoms. The topological polar surface area (TPSA) is 58.2 Å². The second-order valence-electron chi connectivity index (χ2n) is 3.06. The second-order valence-corrected chi connectivity index (χ2v) is 4.82. The van der Waals surface area contributed by atoms with Crippen molar-refractivity contribution in [1.29, 1.82) is 0 Å². The average molecular weight is 228 g/mol. The van der Waals surface area contributed by atoms with Crippen molar-refractivity contribution < 1.29 is 8.42 Å². The Morgan fingerprint density at radius 2 is 1.67 bits per heavy atom. The summed E-state index contributed by atoms with van der Waals surface area (Å²) in [5.74, 6) is 0. The fourth-order valence-electron chi connectivity index (χ4n) is 1.23. The molecule has 0 atom stereocenters. The van der Waals surface area contributed by atoms with Crippen molar-refractivity contribution in [2.45, 2.75) is 18.7 Å². The van der Waals surface area contributed by atoms with Crippen LogP contribution in [0.25, 0.3) is 0 Å². The van der Waals surface area contributed by atoms with Gasteiger partial charge in [0, 0.05) is 18.8 Å². The zero-order valence-electron chi connectivity index (χ0n) is 8.95. The SMILES string of the molecule is CCNc1ccc(S(=O)(=O)NCC)cc1. The van der Waals surface area contributed by atoms with Crippen molar-refractivity contribution in [3.63, 3.8) is 0 Å². The predicted octanol–water partition coefficient (Wildman–Crippen LogP) is 1.42. The van der Waals surface area contributed by atoms with Gasteiger partial charge in [-0.05, 0) is 31.2 Å². The number of nitrogens with one attached hydrogen (secondary N) is 2. The molecule has 0 aliphatic rings. The molecule has 0 heterocycles. The monoisotopic (exact) mass is 228 g/mol. The Kier molecular flexibility index (Phi) is 4.11. The molecular formula is C10H16N2O2S. The second kappa shape index (κ2) is 5.14. The van der Waals surface area contributed by atoms with E-state index in [1.54, 1.807) is 31.2 Å². The van der Waals surface area contributed by atoms with Crippen LogP contribution in [0.5, 0.6) is 0 Å². The molecule has 0 saturated heterocycles. The number of sulfonamides is 1. The summed E-state index contributed by atoms with van der Waals surface area (Å²) in [5.41, 5.74) is 0.924. The van der Waals surface area contributed by atoms with Crippen LogP contribution in [0, 0.1) is 0 Å². The van der Waals surface area contributed by atoms with Crippen molar-refractivity contribution in [2.75, 3.05) is 18.4 Å². The standard InChI is InChI=1S/C10H16N2O2S/c1-3-11-9-5-7-10(8-6-9)15(13,14)12-4-2/h5-8,11-12H,3-4H2,1-2H3. The molecule has 0 aliphatic carbocycles. The van der Waals surface area contributed by atoms with Gasteiger partial charge in [-0.3, -0.25) is 0 Å². The molecular weight excluding hydrogens is 212 g/mol. The van der Waals surface area contributed by atoms with Crippen LogP contribution in [-0.2, 0) is 10.0 Å². The third kappa shape index (κ3) is 3.21. The Labute approximate surface area is 90.8 Å². The molecule has 5 heteroatoms. The van der Waals surface area contributed by atoms with Crippen molar-refractivity contribution in [3.8, 4) is 0 Å². The lowest BCUT2D eigenvalue weighted by molar-refractivity contribution is 0.584. The van der Waals surface area contributed by atoms with E-state index in [4.69, 9.17) is 0 Å². The molecule has 0 spiro atoms. The van der Waals surface area contributed by atoms with E-state index in [0.717, 1.165) is 12.2 Å². The summed E-state index contributed by atoms with van der Waals surface area (Å²) in [4.78, 5) is 0.297. The first kappa shape index (κ1) is 12.0. The summed E-state index contributed by atoms with van der Waals surface area (Å²) in [6.07, 6.45) is 0. The van der Waals surface area contributed by atoms with E-state index in [1.807, 2.05) is 6.92 Å². The Morgan fingerprint density at radius 1 is 1.07 bits per heavy atom. The maximum absolute atomic E-state index is 11.6. The van der Waals surface area contributed by atoms with Crippen LogP contribution in [0.3, 0.4) is 0 Å². The summed E-state index contributed by atoms with van der Waals surface area (Å²) < 4.78 is 25.6. The van der Waals surface area contributed by atoms with Crippen LogP contribution in [0.2, 0.25) is 0 Å². The summed E-state index contributed by atoms with van der Waals surface area (Å²) in [7, 11) is -3.32. The first-order valence-corrected chi connectivity index (χ1v) is 6.42. The first-order valence-electron chi connectivity index (χ1n) is 4.93. The lowest BCUT2D eigenvalue weighted by atomic mass is 10.3. The van der Waals surface area contributed by atoms with Crippen LogP contribution in [-0.4, -0.2) is 21.5 Å². The van der Waals surface area contributed by atoms with Gasteiger partial charge in [-0.1, -0.05) is 6.92 Å². The Balaban J connectivity index is 2.89. The fraction of sp³-hybridized carbons (Fsp3) is 0.400. The van der Waals surface area contributed by atoms with Crippen molar-refractivity contribution in [3.05, 3.63) is 24.3 Å². The van der Waals surface area contributed by atoms with Crippen molar-refractivity contribution in [2.24, 2.45) is 0 Å². The minimum Gasteiger partial charge on any atom is -0.385 e. The van der Waals surface area contributed by atoms with Gasteiger partial charge in [0.05, 0.1) is 4.90 Å². The molecule has 0 fully saturated rings. The minimum atomic E-state index is -3.32. The molecule has 0 saturated carbocycles. The van der Waals surface area contributed by atoms with Gasteiger partial charge in [0.1, 0.15) is 0 Å². The molecule has 1 aromatic rings. The van der Waals surface area contributed by atoms with Crippen LogP contribution in [0.15, 0.2) is 29.2 Å². The molecule has 2 N–H and O–H groups in total. The number of rotatable bonds is 5. The highest BCUT2D eigenvalue weighted by atomic mass is 32.2. The maximum Gasteiger partial charge on any atom is 0.240 e. The highest BCUT2D eigenvalue weighted by Crippen LogP contribution is 2.13. The lowest BCUT2D eigenvalue weighted by Gasteiger charge is -2.06. The average Bonchev–Trinajstić information content (AvgIpc) is 2.19. The largest absolute Gasteiger partial charge is 0.385 e. The van der Waals surface area contributed by atoms with Gasteiger partial charge in [-0.25, -0.2) is 13.1 Å². The molecule has 0 unspecified atom stereocenters. The molecule has 0 amide bonds. The molecule has 1 aromatic carbocycles. The van der Waals surface area contributed by atoms with Gasteiger partial charge in [0.2, 0.25) is 10.0 Å². The van der Waals surface area contributed by atoms with Gasteiger partial charge in [0.25, 0.3) is 0 Å². The van der Waals surface area contributed by atoms with Crippen molar-refractivity contribution in [1.82, 2.24) is 4.72 Å². The predicted molar refractivity (Wildman–Crippen MR) is 61.5 cm³/mol. The van der Waals surface area contributed by atoms with Crippen LogP contribution in [0.1, 0.15) is 13.8 Å². The normalized spacial score (nSPS) is 11.3. The zero-order valence-corrected chi connectivity index (χ0v) is 9.76. The quantitative estimate of drug-likeness (QED) is 0.801. The summed E-state index contributed by atoms with van der Waals surface area (Å²) >= 11 is 0. The van der Waals surface area contributed by atoms with Crippen LogP contribution < -0.4 is 10.0 Å². The summed E-state index contributed by atoms with van der Waals surface area (Å²) in [5, 5.41) is 3.10. The Hall–Kier alpha value is -1.07. The van der Waals surface area contributed by atoms with E-state index in [-0.39, 0.29) is 0 Å². The molecule has 15 heavy (non-hydrogen) atoms. The van der Waals surface area contributed by atoms with Crippen molar-refractivity contribution >= 4 is 15.7 Å². The van der Waals surface area contributed by atoms with Gasteiger partial charge < -0.3 is 5.32 Å². The zero-order chi connectivity index (χ0) is 11.3. The van der Waals surface area contributed by atoms with Crippen LogP contribution in [0.4, 0.5) is 5.69 Å². The number of hydrogen-bond acceptors (Lipinski definition) is 3. The fourth-order valence-corrected chi connectivity index (χ4v) is 2.27. The number of anilines is 1. The van der Waals surface area contributed by atoms with Gasteiger partial charge in [-0.15, -0.1) is 0 Å². The molecule has 1 rings (SSSR count). The third-order valence-corrected chi connectivity index (χ3v) is 3.44. The molecule has 0 radical (unpaired) electrons. The maximum atomic E-state index is 11.6.